The number of pyridine rings is 1. The third-order valence-electron chi connectivity index (χ3n) is 2.00. The van der Waals surface area contributed by atoms with E-state index in [9.17, 15) is 4.79 Å². The maximum Gasteiger partial charge on any atom is 0.323 e. The number of hydrogen-bond donors (Lipinski definition) is 2. The Balaban J connectivity index is 0.00000162. The molecule has 0 atom stereocenters. The van der Waals surface area contributed by atoms with E-state index in [0.717, 1.165) is 9.26 Å². The fourth-order valence-corrected chi connectivity index (χ4v) is 1.84. The van der Waals surface area contributed by atoms with Crippen molar-refractivity contribution in [1.82, 2.24) is 4.98 Å². The SMILES string of the molecule is Cl.O=C(Nc1cccnc1)Nc1cccc(I)c1. The molecule has 1 aromatic heterocycles. The number of carbonyl (C=O) groups excluding carboxylic acids is 1. The van der Waals surface area contributed by atoms with Gasteiger partial charge in [-0.25, -0.2) is 4.79 Å². The summed E-state index contributed by atoms with van der Waals surface area (Å²) < 4.78 is 1.07. The van der Waals surface area contributed by atoms with Crippen LogP contribution in [0.4, 0.5) is 16.2 Å². The molecule has 1 heterocycles. The van der Waals surface area contributed by atoms with Crippen LogP contribution in [0.1, 0.15) is 0 Å². The lowest BCUT2D eigenvalue weighted by Crippen LogP contribution is -2.19. The van der Waals surface area contributed by atoms with Gasteiger partial charge in [0.25, 0.3) is 0 Å². The second-order valence-electron chi connectivity index (χ2n) is 3.33. The van der Waals surface area contributed by atoms with Crippen molar-refractivity contribution >= 4 is 52.4 Å². The summed E-state index contributed by atoms with van der Waals surface area (Å²) >= 11 is 2.19. The maximum absolute atomic E-state index is 11.6. The number of nitrogens with one attached hydrogen (secondary N) is 2. The van der Waals surface area contributed by atoms with E-state index in [2.05, 4.69) is 38.2 Å². The van der Waals surface area contributed by atoms with E-state index < -0.39 is 0 Å². The Morgan fingerprint density at radius 2 is 1.83 bits per heavy atom. The molecule has 2 amide bonds. The summed E-state index contributed by atoms with van der Waals surface area (Å²) in [6, 6.07) is 10.9. The van der Waals surface area contributed by atoms with Crippen LogP contribution in [0.3, 0.4) is 0 Å². The highest BCUT2D eigenvalue weighted by Crippen LogP contribution is 2.12. The number of hydrogen-bond acceptors (Lipinski definition) is 2. The highest BCUT2D eigenvalue weighted by Gasteiger charge is 2.02. The van der Waals surface area contributed by atoms with Crippen LogP contribution in [-0.4, -0.2) is 11.0 Å². The molecule has 2 aromatic rings. The van der Waals surface area contributed by atoms with E-state index in [1.807, 2.05) is 24.3 Å². The van der Waals surface area contributed by atoms with Crippen molar-refractivity contribution in [3.8, 4) is 0 Å². The zero-order valence-electron chi connectivity index (χ0n) is 9.26. The summed E-state index contributed by atoms with van der Waals surface area (Å²) in [4.78, 5) is 15.6. The van der Waals surface area contributed by atoms with E-state index in [-0.39, 0.29) is 18.4 Å². The minimum Gasteiger partial charge on any atom is -0.308 e. The summed E-state index contributed by atoms with van der Waals surface area (Å²) in [5, 5.41) is 5.44. The average molecular weight is 376 g/mol. The Morgan fingerprint density at radius 3 is 2.50 bits per heavy atom. The van der Waals surface area contributed by atoms with Gasteiger partial charge in [-0.05, 0) is 52.9 Å². The Hall–Kier alpha value is -1.34. The van der Waals surface area contributed by atoms with Gasteiger partial charge < -0.3 is 10.6 Å². The molecule has 0 bridgehead atoms. The van der Waals surface area contributed by atoms with Crippen LogP contribution in [0.5, 0.6) is 0 Å². The average Bonchev–Trinajstić information content (AvgIpc) is 2.30. The van der Waals surface area contributed by atoms with Crippen LogP contribution in [-0.2, 0) is 0 Å². The number of halogens is 2. The van der Waals surface area contributed by atoms with Crippen LogP contribution >= 0.6 is 35.0 Å². The molecule has 2 rings (SSSR count). The van der Waals surface area contributed by atoms with Crippen molar-refractivity contribution in [3.63, 3.8) is 0 Å². The van der Waals surface area contributed by atoms with Gasteiger partial charge in [-0.1, -0.05) is 6.07 Å². The minimum absolute atomic E-state index is 0. The van der Waals surface area contributed by atoms with E-state index in [1.54, 1.807) is 24.5 Å². The third-order valence-corrected chi connectivity index (χ3v) is 2.67. The largest absolute Gasteiger partial charge is 0.323 e. The van der Waals surface area contributed by atoms with Gasteiger partial charge in [0.2, 0.25) is 0 Å². The van der Waals surface area contributed by atoms with Crippen molar-refractivity contribution < 1.29 is 4.79 Å². The fraction of sp³-hybridized carbons (Fsp3) is 0. The normalized spacial score (nSPS) is 9.17. The Kier molecular flexibility index (Phi) is 5.87. The number of anilines is 2. The number of benzene rings is 1. The molecular formula is C12H11ClIN3O. The molecule has 94 valence electrons. The fourth-order valence-electron chi connectivity index (χ4n) is 1.30. The molecule has 2 N–H and O–H groups in total. The summed E-state index contributed by atoms with van der Waals surface area (Å²) in [7, 11) is 0. The molecule has 4 nitrogen and oxygen atoms in total. The number of aromatic nitrogens is 1. The van der Waals surface area contributed by atoms with Gasteiger partial charge in [0.1, 0.15) is 0 Å². The number of carbonyl (C=O) groups is 1. The summed E-state index contributed by atoms with van der Waals surface area (Å²) in [5.74, 6) is 0. The topological polar surface area (TPSA) is 54.0 Å². The first-order chi connectivity index (χ1) is 8.24. The van der Waals surface area contributed by atoms with E-state index in [0.29, 0.717) is 5.69 Å². The Morgan fingerprint density at radius 1 is 1.11 bits per heavy atom. The molecule has 0 saturated heterocycles. The van der Waals surface area contributed by atoms with Crippen molar-refractivity contribution in [3.05, 3.63) is 52.4 Å². The van der Waals surface area contributed by atoms with Gasteiger partial charge in [-0.3, -0.25) is 4.98 Å². The summed E-state index contributed by atoms with van der Waals surface area (Å²) in [6.07, 6.45) is 3.25. The predicted molar refractivity (Wildman–Crippen MR) is 83.3 cm³/mol. The van der Waals surface area contributed by atoms with Gasteiger partial charge in [-0.2, -0.15) is 0 Å². The first-order valence-electron chi connectivity index (χ1n) is 4.97. The molecule has 6 heteroatoms. The number of amides is 2. The maximum atomic E-state index is 11.6. The van der Waals surface area contributed by atoms with E-state index in [4.69, 9.17) is 0 Å². The van der Waals surface area contributed by atoms with Gasteiger partial charge in [0.05, 0.1) is 11.9 Å². The molecule has 0 aliphatic rings. The highest BCUT2D eigenvalue weighted by atomic mass is 127. The molecule has 18 heavy (non-hydrogen) atoms. The number of rotatable bonds is 2. The molecule has 0 radical (unpaired) electrons. The lowest BCUT2D eigenvalue weighted by Gasteiger charge is -2.07. The van der Waals surface area contributed by atoms with Crippen LogP contribution < -0.4 is 10.6 Å². The van der Waals surface area contributed by atoms with E-state index in [1.165, 1.54) is 0 Å². The van der Waals surface area contributed by atoms with Gasteiger partial charge in [-0.15, -0.1) is 12.4 Å². The molecule has 0 unspecified atom stereocenters. The molecule has 0 saturated carbocycles. The van der Waals surface area contributed by atoms with Crippen molar-refractivity contribution in [2.24, 2.45) is 0 Å². The number of nitrogens with zero attached hydrogens (tertiary/aromatic N) is 1. The molecule has 1 aromatic carbocycles. The first kappa shape index (κ1) is 14.7. The molecule has 0 spiro atoms. The highest BCUT2D eigenvalue weighted by molar-refractivity contribution is 14.1. The number of urea groups is 1. The summed E-state index contributed by atoms with van der Waals surface area (Å²) in [5.41, 5.74) is 1.42. The van der Waals surface area contributed by atoms with Gasteiger partial charge in [0, 0.05) is 15.5 Å². The van der Waals surface area contributed by atoms with Crippen LogP contribution in [0, 0.1) is 3.57 Å². The Bertz CT molecular complexity index is 522. The molecule has 0 aliphatic carbocycles. The second kappa shape index (κ2) is 7.17. The molecule has 0 fully saturated rings. The van der Waals surface area contributed by atoms with Crippen LogP contribution in [0.15, 0.2) is 48.8 Å². The van der Waals surface area contributed by atoms with Crippen molar-refractivity contribution in [2.75, 3.05) is 10.6 Å². The lowest BCUT2D eigenvalue weighted by molar-refractivity contribution is 0.262. The van der Waals surface area contributed by atoms with Gasteiger partial charge >= 0.3 is 6.03 Å². The minimum atomic E-state index is -0.278. The van der Waals surface area contributed by atoms with Crippen LogP contribution in [0.25, 0.3) is 0 Å². The van der Waals surface area contributed by atoms with Gasteiger partial charge in [0.15, 0.2) is 0 Å². The summed E-state index contributed by atoms with van der Waals surface area (Å²) in [6.45, 7) is 0. The van der Waals surface area contributed by atoms with Crippen molar-refractivity contribution in [1.29, 1.82) is 0 Å². The predicted octanol–water partition coefficient (Wildman–Crippen LogP) is 3.75. The zero-order chi connectivity index (χ0) is 12.1. The third kappa shape index (κ3) is 4.50. The van der Waals surface area contributed by atoms with E-state index >= 15 is 0 Å². The first-order valence-corrected chi connectivity index (χ1v) is 6.05. The molecular weight excluding hydrogens is 365 g/mol. The standard InChI is InChI=1S/C12H10IN3O.ClH/c13-9-3-1-4-10(7-9)15-12(17)16-11-5-2-6-14-8-11;/h1-8H,(H2,15,16,17);1H. The quantitative estimate of drug-likeness (QED) is 0.786. The lowest BCUT2D eigenvalue weighted by atomic mass is 10.3. The monoisotopic (exact) mass is 375 g/mol. The zero-order valence-corrected chi connectivity index (χ0v) is 12.2. The second-order valence-corrected chi connectivity index (χ2v) is 4.58. The van der Waals surface area contributed by atoms with Crippen LogP contribution in [0.2, 0.25) is 0 Å². The van der Waals surface area contributed by atoms with Crippen molar-refractivity contribution in [2.45, 2.75) is 0 Å². The Labute approximate surface area is 125 Å². The smallest absolute Gasteiger partial charge is 0.308 e. The molecule has 0 aliphatic heterocycles.